The van der Waals surface area contributed by atoms with E-state index in [1.165, 1.54) is 0 Å². The van der Waals surface area contributed by atoms with Gasteiger partial charge in [0.2, 0.25) is 0 Å². The molecule has 0 aliphatic rings. The summed E-state index contributed by atoms with van der Waals surface area (Å²) in [6, 6.07) is 6.82. The van der Waals surface area contributed by atoms with Crippen LogP contribution in [0.25, 0.3) is 0 Å². The summed E-state index contributed by atoms with van der Waals surface area (Å²) >= 11 is 11.7. The van der Waals surface area contributed by atoms with E-state index >= 15 is 0 Å². The van der Waals surface area contributed by atoms with Crippen molar-refractivity contribution in [2.75, 3.05) is 13.2 Å². The van der Waals surface area contributed by atoms with Crippen molar-refractivity contribution in [1.29, 1.82) is 0 Å². The van der Waals surface area contributed by atoms with E-state index in [1.807, 2.05) is 34.6 Å². The van der Waals surface area contributed by atoms with E-state index in [0.29, 0.717) is 17.4 Å². The lowest BCUT2D eigenvalue weighted by Crippen LogP contribution is -2.25. The Balaban J connectivity index is 0.00000211. The van der Waals surface area contributed by atoms with Gasteiger partial charge in [-0.3, -0.25) is 4.79 Å². The highest BCUT2D eigenvalue weighted by molar-refractivity contribution is 7.78. The molecule has 0 aromatic heterocycles. The summed E-state index contributed by atoms with van der Waals surface area (Å²) in [7, 11) is -1.46. The molecular formula is C15H24Cl2NO3P. The van der Waals surface area contributed by atoms with Crippen LogP contribution in [0.15, 0.2) is 24.3 Å². The quantitative estimate of drug-likeness (QED) is 0.540. The summed E-state index contributed by atoms with van der Waals surface area (Å²) in [5.74, 6) is 0.235. The zero-order valence-corrected chi connectivity index (χ0v) is 16.1. The maximum Gasteiger partial charge on any atom is 0.320 e. The minimum Gasteiger partial charge on any atom is -0.464 e. The number of nitrogens with one attached hydrogen (secondary N) is 1. The molecule has 22 heavy (non-hydrogen) atoms. The predicted octanol–water partition coefficient (Wildman–Crippen LogP) is 5.39. The fourth-order valence-electron chi connectivity index (χ4n) is 1.10. The number of halogens is 2. The van der Waals surface area contributed by atoms with Gasteiger partial charge in [-0.25, -0.2) is 5.09 Å². The van der Waals surface area contributed by atoms with Crippen molar-refractivity contribution in [2.45, 2.75) is 34.6 Å². The number of rotatable bonds is 6. The van der Waals surface area contributed by atoms with Crippen LogP contribution < -0.4 is 9.61 Å². The van der Waals surface area contributed by atoms with Crippen molar-refractivity contribution in [2.24, 2.45) is 5.41 Å². The third-order valence-electron chi connectivity index (χ3n) is 2.01. The first-order valence-electron chi connectivity index (χ1n) is 7.05. The average Bonchev–Trinajstić information content (AvgIpc) is 2.47. The van der Waals surface area contributed by atoms with E-state index in [9.17, 15) is 4.79 Å². The van der Waals surface area contributed by atoms with Crippen LogP contribution in [-0.4, -0.2) is 19.1 Å². The van der Waals surface area contributed by atoms with Gasteiger partial charge >= 0.3 is 5.97 Å². The standard InChI is InChI=1S/C13H18Cl2NO3P.C2H6/c1-13(2,3)9-18-12(17)8-16-20(15)19-11-6-4-10(14)5-7-11;1-2/h4-7,16H,8-9H2,1-3H3;1-2H3. The monoisotopic (exact) mass is 367 g/mol. The number of hydrogen-bond donors (Lipinski definition) is 1. The van der Waals surface area contributed by atoms with Crippen LogP contribution in [0.2, 0.25) is 5.02 Å². The van der Waals surface area contributed by atoms with Crippen molar-refractivity contribution in [3.05, 3.63) is 29.3 Å². The first kappa shape index (κ1) is 21.5. The molecule has 7 heteroatoms. The van der Waals surface area contributed by atoms with E-state index in [-0.39, 0.29) is 17.9 Å². The van der Waals surface area contributed by atoms with E-state index < -0.39 is 7.65 Å². The number of benzene rings is 1. The van der Waals surface area contributed by atoms with Gasteiger partial charge in [0.1, 0.15) is 12.3 Å². The third kappa shape index (κ3) is 11.1. The Morgan fingerprint density at radius 3 is 2.27 bits per heavy atom. The van der Waals surface area contributed by atoms with Gasteiger partial charge in [-0.2, -0.15) is 0 Å². The van der Waals surface area contributed by atoms with Crippen molar-refractivity contribution in [3.63, 3.8) is 0 Å². The number of esters is 1. The van der Waals surface area contributed by atoms with Crippen LogP contribution in [0.1, 0.15) is 34.6 Å². The zero-order chi connectivity index (χ0) is 17.2. The van der Waals surface area contributed by atoms with Gasteiger partial charge < -0.3 is 9.26 Å². The molecule has 0 spiro atoms. The van der Waals surface area contributed by atoms with E-state index in [0.717, 1.165) is 0 Å². The maximum absolute atomic E-state index is 11.5. The minimum atomic E-state index is -1.46. The van der Waals surface area contributed by atoms with Crippen LogP contribution in [0.3, 0.4) is 0 Å². The molecule has 1 N–H and O–H groups in total. The highest BCUT2D eigenvalue weighted by atomic mass is 35.7. The lowest BCUT2D eigenvalue weighted by Gasteiger charge is -2.18. The van der Waals surface area contributed by atoms with Gasteiger partial charge in [0.15, 0.2) is 0 Å². The summed E-state index contributed by atoms with van der Waals surface area (Å²) in [5.41, 5.74) is -0.0544. The molecule has 0 heterocycles. The fraction of sp³-hybridized carbons (Fsp3) is 0.533. The van der Waals surface area contributed by atoms with Gasteiger partial charge in [0.05, 0.1) is 6.61 Å². The lowest BCUT2D eigenvalue weighted by atomic mass is 9.99. The molecule has 0 bridgehead atoms. The summed E-state index contributed by atoms with van der Waals surface area (Å²) in [5, 5.41) is 3.40. The molecule has 0 fully saturated rings. The van der Waals surface area contributed by atoms with Crippen molar-refractivity contribution in [1.82, 2.24) is 5.09 Å². The van der Waals surface area contributed by atoms with Crippen LogP contribution in [-0.2, 0) is 9.53 Å². The van der Waals surface area contributed by atoms with Crippen molar-refractivity contribution >= 4 is 36.5 Å². The molecule has 0 saturated heterocycles. The molecule has 0 amide bonds. The number of carbonyl (C=O) groups excluding carboxylic acids is 1. The highest BCUT2D eigenvalue weighted by Gasteiger charge is 2.15. The van der Waals surface area contributed by atoms with Gasteiger partial charge in [-0.15, -0.1) is 0 Å². The lowest BCUT2D eigenvalue weighted by molar-refractivity contribution is -0.144. The van der Waals surface area contributed by atoms with Crippen LogP contribution >= 0.6 is 30.5 Å². The molecule has 1 unspecified atom stereocenters. The van der Waals surface area contributed by atoms with Gasteiger partial charge in [-0.1, -0.05) is 46.2 Å². The summed E-state index contributed by atoms with van der Waals surface area (Å²) in [6.07, 6.45) is 0. The summed E-state index contributed by atoms with van der Waals surface area (Å²) in [6.45, 7) is 10.4. The molecule has 0 saturated carbocycles. The van der Waals surface area contributed by atoms with Crippen LogP contribution in [0.4, 0.5) is 0 Å². The molecule has 1 rings (SSSR count). The Bertz CT molecular complexity index is 435. The molecule has 126 valence electrons. The Hall–Kier alpha value is -0.540. The zero-order valence-electron chi connectivity index (χ0n) is 13.7. The molecule has 1 aromatic carbocycles. The maximum atomic E-state index is 11.5. The normalized spacial score (nSPS) is 12.0. The van der Waals surface area contributed by atoms with E-state index in [1.54, 1.807) is 24.3 Å². The first-order valence-corrected chi connectivity index (χ1v) is 9.59. The van der Waals surface area contributed by atoms with E-state index in [4.69, 9.17) is 32.1 Å². The Morgan fingerprint density at radius 1 is 1.23 bits per heavy atom. The molecular weight excluding hydrogens is 344 g/mol. The molecule has 1 aromatic rings. The van der Waals surface area contributed by atoms with Crippen molar-refractivity contribution < 1.29 is 14.1 Å². The minimum absolute atomic E-state index is 0.0128. The van der Waals surface area contributed by atoms with Crippen LogP contribution in [0, 0.1) is 5.41 Å². The van der Waals surface area contributed by atoms with Crippen molar-refractivity contribution in [3.8, 4) is 5.75 Å². The third-order valence-corrected chi connectivity index (χ3v) is 3.61. The molecule has 0 radical (unpaired) electrons. The largest absolute Gasteiger partial charge is 0.464 e. The smallest absolute Gasteiger partial charge is 0.320 e. The highest BCUT2D eigenvalue weighted by Crippen LogP contribution is 2.38. The first-order chi connectivity index (χ1) is 10.3. The molecule has 0 aliphatic heterocycles. The van der Waals surface area contributed by atoms with E-state index in [2.05, 4.69) is 5.09 Å². The second-order valence-electron chi connectivity index (χ2n) is 5.35. The summed E-state index contributed by atoms with van der Waals surface area (Å²) in [4.78, 5) is 11.5. The van der Waals surface area contributed by atoms with Gasteiger partial charge in [-0.05, 0) is 40.9 Å². The van der Waals surface area contributed by atoms with Gasteiger partial charge in [0, 0.05) is 5.02 Å². The fourth-order valence-corrected chi connectivity index (χ4v) is 2.26. The molecule has 1 atom stereocenters. The second-order valence-corrected chi connectivity index (χ2v) is 7.69. The topological polar surface area (TPSA) is 47.6 Å². The van der Waals surface area contributed by atoms with Gasteiger partial charge in [0.25, 0.3) is 7.65 Å². The second kappa shape index (κ2) is 11.1. The predicted molar refractivity (Wildman–Crippen MR) is 94.6 cm³/mol. The molecule has 4 nitrogen and oxygen atoms in total. The number of hydrogen-bond acceptors (Lipinski definition) is 4. The molecule has 0 aliphatic carbocycles. The Kier molecular flexibility index (Phi) is 10.8. The summed E-state index contributed by atoms with van der Waals surface area (Å²) < 4.78 is 10.5. The Morgan fingerprint density at radius 2 is 1.77 bits per heavy atom. The average molecular weight is 368 g/mol. The number of carbonyl (C=O) groups is 1. The Labute approximate surface area is 144 Å². The van der Waals surface area contributed by atoms with Crippen LogP contribution in [0.5, 0.6) is 5.75 Å². The SMILES string of the molecule is CC.CC(C)(C)COC(=O)CNP(Cl)Oc1ccc(Cl)cc1. The number of ether oxygens (including phenoxy) is 1.